The lowest BCUT2D eigenvalue weighted by molar-refractivity contribution is -0.138. The molecule has 2 N–H and O–H groups in total. The predicted molar refractivity (Wildman–Crippen MR) is 81.6 cm³/mol. The Morgan fingerprint density at radius 1 is 1.46 bits per heavy atom. The van der Waals surface area contributed by atoms with E-state index in [9.17, 15) is 23.1 Å². The fourth-order valence-electron chi connectivity index (χ4n) is 2.40. The summed E-state index contributed by atoms with van der Waals surface area (Å²) in [6.07, 6.45) is -3.25. The van der Waals surface area contributed by atoms with Gasteiger partial charge in [-0.3, -0.25) is 0 Å². The number of nitrogens with zero attached hydrogens (tertiary/aromatic N) is 1. The number of aliphatic hydroxyl groups excluding tert-OH is 1. The molecule has 1 unspecified atom stereocenters. The molecular weight excluding hydrogens is 325 g/mol. The van der Waals surface area contributed by atoms with Gasteiger partial charge in [0.2, 0.25) is 0 Å². The molecule has 1 atom stereocenters. The molecule has 0 saturated heterocycles. The summed E-state index contributed by atoms with van der Waals surface area (Å²) in [6.45, 7) is -0.104. The number of ether oxygens (including phenoxy) is 1. The van der Waals surface area contributed by atoms with Crippen LogP contribution in [0.25, 0.3) is 0 Å². The number of carbonyl (C=O) groups is 1. The number of benzene rings is 1. The summed E-state index contributed by atoms with van der Waals surface area (Å²) in [7, 11) is 2.79. The quantitative estimate of drug-likeness (QED) is 0.832. The Hall–Kier alpha value is -1.96. The topological polar surface area (TPSA) is 61.8 Å². The van der Waals surface area contributed by atoms with E-state index in [0.29, 0.717) is 0 Å². The molecule has 0 bridgehead atoms. The Morgan fingerprint density at radius 2 is 2.12 bits per heavy atom. The first-order valence-corrected chi connectivity index (χ1v) is 7.63. The number of urea groups is 1. The van der Waals surface area contributed by atoms with Crippen molar-refractivity contribution in [1.29, 1.82) is 0 Å². The zero-order chi connectivity index (χ0) is 17.9. The van der Waals surface area contributed by atoms with Crippen molar-refractivity contribution in [3.8, 4) is 5.75 Å². The first kappa shape index (κ1) is 18.4. The highest BCUT2D eigenvalue weighted by Crippen LogP contribution is 2.34. The van der Waals surface area contributed by atoms with Crippen molar-refractivity contribution < 1.29 is 27.8 Å². The van der Waals surface area contributed by atoms with Crippen LogP contribution in [0, 0.1) is 5.92 Å². The van der Waals surface area contributed by atoms with Gasteiger partial charge in [0.15, 0.2) is 0 Å². The van der Waals surface area contributed by atoms with Crippen LogP contribution in [0.15, 0.2) is 18.2 Å². The third-order valence-electron chi connectivity index (χ3n) is 4.03. The molecule has 24 heavy (non-hydrogen) atoms. The number of halogens is 3. The Kier molecular flexibility index (Phi) is 5.58. The summed E-state index contributed by atoms with van der Waals surface area (Å²) >= 11 is 0. The van der Waals surface area contributed by atoms with E-state index in [1.54, 1.807) is 0 Å². The molecule has 8 heteroatoms. The van der Waals surface area contributed by atoms with Gasteiger partial charge in [-0.05, 0) is 36.5 Å². The highest BCUT2D eigenvalue weighted by molar-refractivity contribution is 5.73. The van der Waals surface area contributed by atoms with E-state index in [1.807, 2.05) is 0 Å². The summed E-state index contributed by atoms with van der Waals surface area (Å²) in [5.74, 6) is 0.320. The summed E-state index contributed by atoms with van der Waals surface area (Å²) < 4.78 is 44.1. The molecule has 0 aromatic heterocycles. The molecular formula is C16H21F3N2O3. The minimum Gasteiger partial charge on any atom is -0.497 e. The molecule has 0 spiro atoms. The van der Waals surface area contributed by atoms with Crippen LogP contribution >= 0.6 is 0 Å². The van der Waals surface area contributed by atoms with Gasteiger partial charge in [0.1, 0.15) is 5.75 Å². The van der Waals surface area contributed by atoms with E-state index in [0.717, 1.165) is 18.9 Å². The number of hydrogen-bond donors (Lipinski definition) is 2. The van der Waals surface area contributed by atoms with Crippen LogP contribution in [-0.2, 0) is 12.7 Å². The predicted octanol–water partition coefficient (Wildman–Crippen LogP) is 2.63. The lowest BCUT2D eigenvalue weighted by atomic mass is 10.1. The third kappa shape index (κ3) is 4.77. The average Bonchev–Trinajstić information content (AvgIpc) is 3.36. The summed E-state index contributed by atoms with van der Waals surface area (Å²) in [5.41, 5.74) is -0.893. The normalized spacial score (nSPS) is 15.8. The minimum atomic E-state index is -4.54. The van der Waals surface area contributed by atoms with Crippen molar-refractivity contribution >= 4 is 6.03 Å². The van der Waals surface area contributed by atoms with E-state index in [2.05, 4.69) is 5.32 Å². The van der Waals surface area contributed by atoms with Gasteiger partial charge in [-0.15, -0.1) is 0 Å². The fourth-order valence-corrected chi connectivity index (χ4v) is 2.40. The molecule has 0 aliphatic heterocycles. The van der Waals surface area contributed by atoms with Gasteiger partial charge >= 0.3 is 12.2 Å². The smallest absolute Gasteiger partial charge is 0.416 e. The van der Waals surface area contributed by atoms with Gasteiger partial charge in [-0.1, -0.05) is 6.07 Å². The molecule has 5 nitrogen and oxygen atoms in total. The summed E-state index contributed by atoms with van der Waals surface area (Å²) in [6, 6.07) is 3.07. The number of aliphatic hydroxyl groups is 1. The van der Waals surface area contributed by atoms with E-state index in [-0.39, 0.29) is 30.3 Å². The van der Waals surface area contributed by atoms with Crippen molar-refractivity contribution in [2.45, 2.75) is 31.7 Å². The molecule has 0 heterocycles. The number of amides is 2. The highest BCUT2D eigenvalue weighted by Gasteiger charge is 2.34. The summed E-state index contributed by atoms with van der Waals surface area (Å²) in [4.78, 5) is 13.3. The maximum atomic E-state index is 13.1. The molecule has 1 aromatic carbocycles. The molecule has 0 radical (unpaired) electrons. The number of nitrogens with one attached hydrogen (secondary N) is 1. The van der Waals surface area contributed by atoms with Crippen molar-refractivity contribution in [1.82, 2.24) is 10.2 Å². The number of carbonyl (C=O) groups excluding carboxylic acids is 1. The maximum absolute atomic E-state index is 13.1. The zero-order valence-corrected chi connectivity index (χ0v) is 13.6. The van der Waals surface area contributed by atoms with Crippen LogP contribution in [-0.4, -0.2) is 42.8 Å². The van der Waals surface area contributed by atoms with Crippen molar-refractivity contribution in [3.63, 3.8) is 0 Å². The van der Waals surface area contributed by atoms with Crippen LogP contribution < -0.4 is 10.1 Å². The Labute approximate surface area is 138 Å². The largest absolute Gasteiger partial charge is 0.497 e. The lowest BCUT2D eigenvalue weighted by Crippen LogP contribution is -2.41. The fraction of sp³-hybridized carbons (Fsp3) is 0.562. The number of methoxy groups -OCH3 is 1. The maximum Gasteiger partial charge on any atom is 0.416 e. The number of alkyl halides is 3. The molecule has 134 valence electrons. The van der Waals surface area contributed by atoms with Crippen LogP contribution in [0.2, 0.25) is 0 Å². The van der Waals surface area contributed by atoms with Gasteiger partial charge in [0, 0.05) is 20.1 Å². The average molecular weight is 346 g/mol. The van der Waals surface area contributed by atoms with Crippen molar-refractivity contribution in [3.05, 3.63) is 29.3 Å². The summed E-state index contributed by atoms with van der Waals surface area (Å²) in [5, 5.41) is 12.3. The van der Waals surface area contributed by atoms with Crippen LogP contribution in [0.4, 0.5) is 18.0 Å². The third-order valence-corrected chi connectivity index (χ3v) is 4.03. The second kappa shape index (κ2) is 7.29. The molecule has 2 rings (SSSR count). The first-order chi connectivity index (χ1) is 11.2. The van der Waals surface area contributed by atoms with E-state index in [4.69, 9.17) is 4.74 Å². The lowest BCUT2D eigenvalue weighted by Gasteiger charge is -2.22. The van der Waals surface area contributed by atoms with Gasteiger partial charge in [-0.25, -0.2) is 4.79 Å². The molecule has 1 fully saturated rings. The Bertz CT molecular complexity index is 588. The van der Waals surface area contributed by atoms with Gasteiger partial charge in [0.25, 0.3) is 0 Å². The standard InChI is InChI=1S/C16H21F3N2O3/c1-21(9-14(22)10-3-4-10)15(23)20-8-11-5-6-12(24-2)7-13(11)16(17,18)19/h5-7,10,14,22H,3-4,8-9H2,1-2H3,(H,20,23). The second-order valence-corrected chi connectivity index (χ2v) is 5.96. The molecule has 2 amide bonds. The number of hydrogen-bond acceptors (Lipinski definition) is 3. The monoisotopic (exact) mass is 346 g/mol. The van der Waals surface area contributed by atoms with Crippen LogP contribution in [0.3, 0.4) is 0 Å². The van der Waals surface area contributed by atoms with Gasteiger partial charge in [0.05, 0.1) is 18.8 Å². The zero-order valence-electron chi connectivity index (χ0n) is 13.6. The highest BCUT2D eigenvalue weighted by atomic mass is 19.4. The Morgan fingerprint density at radius 3 is 2.67 bits per heavy atom. The molecule has 1 saturated carbocycles. The van der Waals surface area contributed by atoms with Crippen molar-refractivity contribution in [2.24, 2.45) is 5.92 Å². The van der Waals surface area contributed by atoms with Crippen LogP contribution in [0.1, 0.15) is 24.0 Å². The van der Waals surface area contributed by atoms with E-state index >= 15 is 0 Å². The molecule has 1 aromatic rings. The van der Waals surface area contributed by atoms with E-state index < -0.39 is 23.9 Å². The second-order valence-electron chi connectivity index (χ2n) is 5.96. The SMILES string of the molecule is COc1ccc(CNC(=O)N(C)CC(O)C2CC2)c(C(F)(F)F)c1. The van der Waals surface area contributed by atoms with Crippen molar-refractivity contribution in [2.75, 3.05) is 20.7 Å². The van der Waals surface area contributed by atoms with Gasteiger partial charge < -0.3 is 20.1 Å². The molecule has 1 aliphatic rings. The Balaban J connectivity index is 1.98. The van der Waals surface area contributed by atoms with Gasteiger partial charge in [-0.2, -0.15) is 13.2 Å². The number of likely N-dealkylation sites (N-methyl/N-ethyl adjacent to an activating group) is 1. The minimum absolute atomic E-state index is 0.0483. The number of rotatable bonds is 6. The van der Waals surface area contributed by atoms with E-state index in [1.165, 1.54) is 31.2 Å². The first-order valence-electron chi connectivity index (χ1n) is 7.63. The van der Waals surface area contributed by atoms with Crippen LogP contribution in [0.5, 0.6) is 5.75 Å². The molecule has 1 aliphatic carbocycles.